The standard InChI is InChI=1S/C19H20O3/c1-3-12-22-19(21)14(2)16-10-7-11-17(13-16)18(20)15-8-5-4-6-9-15/h4-11,13-14H,3,12H2,1-2H3. The van der Waals surface area contributed by atoms with Gasteiger partial charge in [0.1, 0.15) is 0 Å². The Morgan fingerprint density at radius 2 is 1.68 bits per heavy atom. The van der Waals surface area contributed by atoms with Crippen LogP contribution >= 0.6 is 0 Å². The smallest absolute Gasteiger partial charge is 0.313 e. The zero-order valence-corrected chi connectivity index (χ0v) is 12.9. The lowest BCUT2D eigenvalue weighted by molar-refractivity contribution is -0.145. The fraction of sp³-hybridized carbons (Fsp3) is 0.263. The SMILES string of the molecule is CCCOC(=O)C(C)c1cccc(C(=O)c2ccccc2)c1. The molecule has 0 saturated heterocycles. The van der Waals surface area contributed by atoms with Gasteiger partial charge in [0.2, 0.25) is 0 Å². The Hall–Kier alpha value is -2.42. The lowest BCUT2D eigenvalue weighted by Gasteiger charge is -2.12. The first kappa shape index (κ1) is 16.0. The Bertz CT molecular complexity index is 647. The van der Waals surface area contributed by atoms with Crippen LogP contribution in [0.15, 0.2) is 54.6 Å². The summed E-state index contributed by atoms with van der Waals surface area (Å²) in [7, 11) is 0. The van der Waals surface area contributed by atoms with Gasteiger partial charge in [-0.3, -0.25) is 9.59 Å². The Morgan fingerprint density at radius 1 is 1.00 bits per heavy atom. The Balaban J connectivity index is 2.20. The third-order valence-electron chi connectivity index (χ3n) is 3.49. The van der Waals surface area contributed by atoms with E-state index in [1.165, 1.54) is 0 Å². The highest BCUT2D eigenvalue weighted by molar-refractivity contribution is 6.09. The molecule has 0 aliphatic heterocycles. The van der Waals surface area contributed by atoms with Crippen LogP contribution in [0.2, 0.25) is 0 Å². The third kappa shape index (κ3) is 3.82. The summed E-state index contributed by atoms with van der Waals surface area (Å²) in [6, 6.07) is 16.3. The fourth-order valence-electron chi connectivity index (χ4n) is 2.17. The summed E-state index contributed by atoms with van der Waals surface area (Å²) in [6.07, 6.45) is 0.797. The second-order valence-corrected chi connectivity index (χ2v) is 5.21. The number of hydrogen-bond acceptors (Lipinski definition) is 3. The topological polar surface area (TPSA) is 43.4 Å². The van der Waals surface area contributed by atoms with Crippen LogP contribution < -0.4 is 0 Å². The van der Waals surface area contributed by atoms with Crippen molar-refractivity contribution in [2.45, 2.75) is 26.2 Å². The highest BCUT2D eigenvalue weighted by atomic mass is 16.5. The summed E-state index contributed by atoms with van der Waals surface area (Å²) in [5, 5.41) is 0. The Kier molecular flexibility index (Phi) is 5.48. The molecule has 0 radical (unpaired) electrons. The molecule has 0 fully saturated rings. The van der Waals surface area contributed by atoms with Gasteiger partial charge in [-0.05, 0) is 25.0 Å². The van der Waals surface area contributed by atoms with Crippen LogP contribution in [0.4, 0.5) is 0 Å². The largest absolute Gasteiger partial charge is 0.465 e. The average molecular weight is 296 g/mol. The molecule has 0 spiro atoms. The van der Waals surface area contributed by atoms with Crippen LogP contribution in [-0.4, -0.2) is 18.4 Å². The molecule has 3 heteroatoms. The molecule has 0 heterocycles. The van der Waals surface area contributed by atoms with E-state index in [2.05, 4.69) is 0 Å². The van der Waals surface area contributed by atoms with E-state index in [9.17, 15) is 9.59 Å². The van der Waals surface area contributed by atoms with Crippen LogP contribution in [0.5, 0.6) is 0 Å². The minimum atomic E-state index is -0.380. The summed E-state index contributed by atoms with van der Waals surface area (Å²) >= 11 is 0. The molecule has 114 valence electrons. The number of esters is 1. The van der Waals surface area contributed by atoms with Crippen molar-refractivity contribution in [2.24, 2.45) is 0 Å². The molecule has 2 aromatic rings. The molecule has 0 aliphatic carbocycles. The summed E-state index contributed by atoms with van der Waals surface area (Å²) in [5.74, 6) is -0.683. The highest BCUT2D eigenvalue weighted by Crippen LogP contribution is 2.20. The number of rotatable bonds is 6. The van der Waals surface area contributed by atoms with E-state index in [1.54, 1.807) is 37.3 Å². The third-order valence-corrected chi connectivity index (χ3v) is 3.49. The van der Waals surface area contributed by atoms with Gasteiger partial charge >= 0.3 is 5.97 Å². The molecular weight excluding hydrogens is 276 g/mol. The van der Waals surface area contributed by atoms with Crippen molar-refractivity contribution >= 4 is 11.8 Å². The normalized spacial score (nSPS) is 11.7. The summed E-state index contributed by atoms with van der Waals surface area (Å²) in [5.41, 5.74) is 2.02. The number of ether oxygens (including phenoxy) is 1. The van der Waals surface area contributed by atoms with Crippen molar-refractivity contribution < 1.29 is 14.3 Å². The van der Waals surface area contributed by atoms with Gasteiger partial charge < -0.3 is 4.74 Å². The second kappa shape index (κ2) is 7.55. The van der Waals surface area contributed by atoms with Gasteiger partial charge in [-0.25, -0.2) is 0 Å². The molecule has 0 aliphatic rings. The monoisotopic (exact) mass is 296 g/mol. The molecule has 2 aromatic carbocycles. The van der Waals surface area contributed by atoms with E-state index in [0.717, 1.165) is 12.0 Å². The molecule has 0 aromatic heterocycles. The summed E-state index contributed by atoms with van der Waals surface area (Å²) in [4.78, 5) is 24.4. The number of ketones is 1. The molecule has 2 rings (SSSR count). The maximum atomic E-state index is 12.4. The zero-order chi connectivity index (χ0) is 15.9. The van der Waals surface area contributed by atoms with E-state index in [4.69, 9.17) is 4.74 Å². The van der Waals surface area contributed by atoms with Crippen LogP contribution in [0.3, 0.4) is 0 Å². The van der Waals surface area contributed by atoms with E-state index >= 15 is 0 Å². The van der Waals surface area contributed by atoms with Crippen molar-refractivity contribution in [2.75, 3.05) is 6.61 Å². The minimum Gasteiger partial charge on any atom is -0.465 e. The quantitative estimate of drug-likeness (QED) is 0.598. The van der Waals surface area contributed by atoms with Crippen LogP contribution in [-0.2, 0) is 9.53 Å². The number of hydrogen-bond donors (Lipinski definition) is 0. The minimum absolute atomic E-state index is 0.0448. The van der Waals surface area contributed by atoms with Crippen molar-refractivity contribution in [1.82, 2.24) is 0 Å². The van der Waals surface area contributed by atoms with Crippen molar-refractivity contribution in [3.8, 4) is 0 Å². The van der Waals surface area contributed by atoms with Gasteiger partial charge in [0, 0.05) is 11.1 Å². The van der Waals surface area contributed by atoms with Gasteiger partial charge in [0.05, 0.1) is 12.5 Å². The van der Waals surface area contributed by atoms with Crippen molar-refractivity contribution in [1.29, 1.82) is 0 Å². The van der Waals surface area contributed by atoms with E-state index in [-0.39, 0.29) is 17.7 Å². The molecule has 22 heavy (non-hydrogen) atoms. The Labute approximate surface area is 130 Å². The predicted octanol–water partition coefficient (Wildman–Crippen LogP) is 3.97. The molecule has 3 nitrogen and oxygen atoms in total. The second-order valence-electron chi connectivity index (χ2n) is 5.21. The molecule has 0 bridgehead atoms. The summed E-state index contributed by atoms with van der Waals surface area (Å²) < 4.78 is 5.17. The number of benzene rings is 2. The number of carbonyl (C=O) groups is 2. The van der Waals surface area contributed by atoms with Gasteiger partial charge in [-0.15, -0.1) is 0 Å². The fourth-order valence-corrected chi connectivity index (χ4v) is 2.17. The van der Waals surface area contributed by atoms with Gasteiger partial charge in [0.15, 0.2) is 5.78 Å². The van der Waals surface area contributed by atoms with Gasteiger partial charge in [-0.2, -0.15) is 0 Å². The van der Waals surface area contributed by atoms with Crippen molar-refractivity contribution in [3.05, 3.63) is 71.3 Å². The van der Waals surface area contributed by atoms with Gasteiger partial charge in [-0.1, -0.05) is 55.5 Å². The van der Waals surface area contributed by atoms with E-state index in [1.807, 2.05) is 31.2 Å². The van der Waals surface area contributed by atoms with Gasteiger partial charge in [0.25, 0.3) is 0 Å². The zero-order valence-electron chi connectivity index (χ0n) is 12.9. The lowest BCUT2D eigenvalue weighted by atomic mass is 9.96. The molecule has 0 N–H and O–H groups in total. The first-order valence-corrected chi connectivity index (χ1v) is 7.49. The first-order chi connectivity index (χ1) is 10.6. The van der Waals surface area contributed by atoms with Crippen LogP contribution in [0.25, 0.3) is 0 Å². The summed E-state index contributed by atoms with van der Waals surface area (Å²) in [6.45, 7) is 4.17. The highest BCUT2D eigenvalue weighted by Gasteiger charge is 2.18. The maximum absolute atomic E-state index is 12.4. The predicted molar refractivity (Wildman–Crippen MR) is 86.0 cm³/mol. The van der Waals surface area contributed by atoms with E-state index in [0.29, 0.717) is 17.7 Å². The average Bonchev–Trinajstić information content (AvgIpc) is 2.59. The molecule has 0 amide bonds. The molecule has 1 atom stereocenters. The van der Waals surface area contributed by atoms with Crippen LogP contribution in [0.1, 0.15) is 47.7 Å². The van der Waals surface area contributed by atoms with E-state index < -0.39 is 0 Å². The number of carbonyl (C=O) groups excluding carboxylic acids is 2. The lowest BCUT2D eigenvalue weighted by Crippen LogP contribution is -2.14. The molecule has 1 unspecified atom stereocenters. The Morgan fingerprint density at radius 3 is 2.36 bits per heavy atom. The van der Waals surface area contributed by atoms with Crippen LogP contribution in [0, 0.1) is 0 Å². The maximum Gasteiger partial charge on any atom is 0.313 e. The molecular formula is C19H20O3. The molecule has 0 saturated carbocycles. The first-order valence-electron chi connectivity index (χ1n) is 7.49. The van der Waals surface area contributed by atoms with Crippen molar-refractivity contribution in [3.63, 3.8) is 0 Å².